The first-order chi connectivity index (χ1) is 16.9. The highest BCUT2D eigenvalue weighted by Gasteiger charge is 2.57. The van der Waals surface area contributed by atoms with Crippen molar-refractivity contribution < 1.29 is 14.6 Å². The smallest absolute Gasteiger partial charge is 0.192 e. The van der Waals surface area contributed by atoms with Crippen LogP contribution in [0.1, 0.15) is 113 Å². The van der Waals surface area contributed by atoms with Crippen molar-refractivity contribution in [2.24, 2.45) is 34.5 Å². The minimum atomic E-state index is -1.75. The molecular weight excluding hydrogens is 472 g/mol. The van der Waals surface area contributed by atoms with Crippen molar-refractivity contribution in [3.8, 4) is 0 Å². The van der Waals surface area contributed by atoms with Gasteiger partial charge in [-0.2, -0.15) is 0 Å². The molecule has 4 heteroatoms. The van der Waals surface area contributed by atoms with Gasteiger partial charge >= 0.3 is 0 Å². The maximum Gasteiger partial charge on any atom is 0.192 e. The zero-order valence-corrected chi connectivity index (χ0v) is 26.8. The quantitative estimate of drug-likeness (QED) is 0.325. The Morgan fingerprint density at radius 3 is 2.27 bits per heavy atom. The Morgan fingerprint density at radius 1 is 0.973 bits per heavy atom. The highest BCUT2D eigenvalue weighted by molar-refractivity contribution is 6.74. The van der Waals surface area contributed by atoms with Crippen LogP contribution >= 0.6 is 0 Å². The molecule has 1 unspecified atom stereocenters. The molecule has 0 aromatic rings. The van der Waals surface area contributed by atoms with Crippen molar-refractivity contribution in [2.45, 2.75) is 149 Å². The molecule has 0 radical (unpaired) electrons. The molecule has 0 bridgehead atoms. The SMILES string of the molecule is C[C@H](CCC(O)C(C)(C)O)[C@H]1CC[C@H]2C3=CC=C4C[C@@H](O[Si](C)(C)C(C)(C)C)CC[C@]4(C)[C@H]3CC[C@]12C. The Kier molecular flexibility index (Phi) is 7.90. The zero-order valence-electron chi connectivity index (χ0n) is 25.8. The van der Waals surface area contributed by atoms with Crippen LogP contribution in [0.15, 0.2) is 23.3 Å². The van der Waals surface area contributed by atoms with E-state index in [2.05, 4.69) is 66.8 Å². The first-order valence-electron chi connectivity index (χ1n) is 15.4. The van der Waals surface area contributed by atoms with E-state index < -0.39 is 20.0 Å². The largest absolute Gasteiger partial charge is 0.414 e. The second-order valence-electron chi connectivity index (χ2n) is 16.1. The van der Waals surface area contributed by atoms with E-state index in [4.69, 9.17) is 4.43 Å². The summed E-state index contributed by atoms with van der Waals surface area (Å²) >= 11 is 0. The van der Waals surface area contributed by atoms with Crippen LogP contribution in [-0.2, 0) is 4.43 Å². The van der Waals surface area contributed by atoms with Crippen LogP contribution in [0, 0.1) is 34.5 Å². The number of allylic oxidation sites excluding steroid dienone is 3. The van der Waals surface area contributed by atoms with Crippen LogP contribution < -0.4 is 0 Å². The lowest BCUT2D eigenvalue weighted by atomic mass is 9.50. The van der Waals surface area contributed by atoms with Gasteiger partial charge in [-0.3, -0.25) is 0 Å². The lowest BCUT2D eigenvalue weighted by Gasteiger charge is -2.56. The van der Waals surface area contributed by atoms with Crippen molar-refractivity contribution in [1.82, 2.24) is 0 Å². The Balaban J connectivity index is 1.48. The van der Waals surface area contributed by atoms with Gasteiger partial charge in [0, 0.05) is 6.10 Å². The highest BCUT2D eigenvalue weighted by atomic mass is 28.4. The maximum absolute atomic E-state index is 10.4. The van der Waals surface area contributed by atoms with Gasteiger partial charge in [0.05, 0.1) is 11.7 Å². The molecule has 4 aliphatic carbocycles. The van der Waals surface area contributed by atoms with Crippen LogP contribution in [0.4, 0.5) is 0 Å². The fourth-order valence-electron chi connectivity index (χ4n) is 8.61. The number of aliphatic hydroxyl groups excluding tert-OH is 1. The summed E-state index contributed by atoms with van der Waals surface area (Å²) in [5.74, 6) is 2.69. The molecule has 0 aromatic carbocycles. The predicted octanol–water partition coefficient (Wildman–Crippen LogP) is 8.42. The van der Waals surface area contributed by atoms with Crippen LogP contribution in [0.25, 0.3) is 0 Å². The molecule has 3 fully saturated rings. The van der Waals surface area contributed by atoms with E-state index in [9.17, 15) is 10.2 Å². The standard InChI is InChI=1S/C33H58O3Si/c1-22(11-16-29(34)31(5,6)35)26-14-15-27-25-13-12-23-21-24(36-37(9,10)30(2,3)4)17-19-32(23,7)28(25)18-20-33(26,27)8/h12-13,22,24,26-29,34-35H,11,14-21H2,1-10H3/t22-,24+,26-,27+,28+,29?,32+,33-/m1/s1. The Morgan fingerprint density at radius 2 is 1.65 bits per heavy atom. The normalized spacial score (nSPS) is 38.2. The van der Waals surface area contributed by atoms with Crippen molar-refractivity contribution in [2.75, 3.05) is 0 Å². The molecule has 2 N–H and O–H groups in total. The van der Waals surface area contributed by atoms with Gasteiger partial charge < -0.3 is 14.6 Å². The van der Waals surface area contributed by atoms with Crippen molar-refractivity contribution in [3.05, 3.63) is 23.3 Å². The van der Waals surface area contributed by atoms with E-state index in [0.717, 1.165) is 12.8 Å². The van der Waals surface area contributed by atoms with Gasteiger partial charge in [0.1, 0.15) is 0 Å². The van der Waals surface area contributed by atoms with Crippen LogP contribution in [0.3, 0.4) is 0 Å². The van der Waals surface area contributed by atoms with Gasteiger partial charge in [-0.1, -0.05) is 64.8 Å². The number of fused-ring (bicyclic) bond motifs is 5. The number of hydrogen-bond acceptors (Lipinski definition) is 3. The molecular formula is C33H58O3Si. The molecule has 0 spiro atoms. The van der Waals surface area contributed by atoms with E-state index in [-0.39, 0.29) is 5.04 Å². The van der Waals surface area contributed by atoms with Gasteiger partial charge in [-0.25, -0.2) is 0 Å². The average Bonchev–Trinajstić information content (AvgIpc) is 3.13. The number of aliphatic hydroxyl groups is 2. The molecule has 0 heterocycles. The van der Waals surface area contributed by atoms with E-state index >= 15 is 0 Å². The molecule has 212 valence electrons. The second-order valence-corrected chi connectivity index (χ2v) is 20.8. The summed E-state index contributed by atoms with van der Waals surface area (Å²) in [5.41, 5.74) is 3.07. The van der Waals surface area contributed by atoms with E-state index in [1.54, 1.807) is 25.0 Å². The first kappa shape index (κ1) is 29.6. The number of rotatable bonds is 7. The lowest BCUT2D eigenvalue weighted by Crippen LogP contribution is -2.49. The predicted molar refractivity (Wildman–Crippen MR) is 158 cm³/mol. The van der Waals surface area contributed by atoms with Crippen molar-refractivity contribution >= 4 is 8.32 Å². The third-order valence-electron chi connectivity index (χ3n) is 12.3. The monoisotopic (exact) mass is 530 g/mol. The molecule has 3 nitrogen and oxygen atoms in total. The summed E-state index contributed by atoms with van der Waals surface area (Å²) in [7, 11) is -1.75. The Labute approximate surface area is 229 Å². The Hall–Kier alpha value is -0.423. The maximum atomic E-state index is 10.4. The summed E-state index contributed by atoms with van der Waals surface area (Å²) in [6, 6.07) is 0. The van der Waals surface area contributed by atoms with E-state index in [0.29, 0.717) is 47.0 Å². The Bertz CT molecular complexity index is 906. The molecule has 0 amide bonds. The summed E-state index contributed by atoms with van der Waals surface area (Å²) in [6.07, 6.45) is 15.4. The van der Waals surface area contributed by atoms with Crippen LogP contribution in [0.5, 0.6) is 0 Å². The summed E-state index contributed by atoms with van der Waals surface area (Å²) < 4.78 is 6.90. The fourth-order valence-corrected chi connectivity index (χ4v) is 10.0. The molecule has 4 aliphatic rings. The molecule has 37 heavy (non-hydrogen) atoms. The first-order valence-corrected chi connectivity index (χ1v) is 18.3. The highest BCUT2D eigenvalue weighted by Crippen LogP contribution is 2.66. The fraction of sp³-hybridized carbons (Fsp3) is 0.879. The van der Waals surface area contributed by atoms with Crippen molar-refractivity contribution in [1.29, 1.82) is 0 Å². The van der Waals surface area contributed by atoms with E-state index in [1.807, 2.05) is 0 Å². The van der Waals surface area contributed by atoms with Gasteiger partial charge in [0.25, 0.3) is 0 Å². The molecule has 0 aliphatic heterocycles. The molecule has 4 rings (SSSR count). The zero-order chi connectivity index (χ0) is 27.6. The summed E-state index contributed by atoms with van der Waals surface area (Å²) in [4.78, 5) is 0. The van der Waals surface area contributed by atoms with Crippen molar-refractivity contribution in [3.63, 3.8) is 0 Å². The van der Waals surface area contributed by atoms with E-state index in [1.165, 1.54) is 38.5 Å². The van der Waals surface area contributed by atoms with Gasteiger partial charge in [-0.15, -0.1) is 0 Å². The second kappa shape index (κ2) is 9.89. The minimum absolute atomic E-state index is 0.262. The molecule has 0 aromatic heterocycles. The van der Waals surface area contributed by atoms with Crippen LogP contribution in [-0.4, -0.2) is 36.3 Å². The topological polar surface area (TPSA) is 49.7 Å². The molecule has 0 saturated heterocycles. The third kappa shape index (κ3) is 5.35. The third-order valence-corrected chi connectivity index (χ3v) is 16.8. The van der Waals surface area contributed by atoms with Crippen LogP contribution in [0.2, 0.25) is 18.1 Å². The molecule has 3 saturated carbocycles. The molecule has 8 atom stereocenters. The lowest BCUT2D eigenvalue weighted by molar-refractivity contribution is -0.0557. The summed E-state index contributed by atoms with van der Waals surface area (Å²) in [5, 5.41) is 20.9. The van der Waals surface area contributed by atoms with Gasteiger partial charge in [-0.05, 0) is 124 Å². The van der Waals surface area contributed by atoms with Gasteiger partial charge in [0.15, 0.2) is 8.32 Å². The minimum Gasteiger partial charge on any atom is -0.414 e. The summed E-state index contributed by atoms with van der Waals surface area (Å²) in [6.45, 7) is 22.9. The number of hydrogen-bond donors (Lipinski definition) is 2. The average molecular weight is 531 g/mol. The van der Waals surface area contributed by atoms with Gasteiger partial charge in [0.2, 0.25) is 0 Å².